The lowest BCUT2D eigenvalue weighted by Crippen LogP contribution is -2.64. The van der Waals surface area contributed by atoms with Crippen molar-refractivity contribution in [2.45, 2.75) is 68.7 Å². The summed E-state index contributed by atoms with van der Waals surface area (Å²) in [5.41, 5.74) is 0.333. The number of aromatic nitrogens is 3. The number of hydrogen-bond acceptors (Lipinski definition) is 3. The van der Waals surface area contributed by atoms with Gasteiger partial charge >= 0.3 is 0 Å². The number of nitrogens with one attached hydrogen (secondary N) is 1. The predicted octanol–water partition coefficient (Wildman–Crippen LogP) is 4.64. The molecule has 5 nitrogen and oxygen atoms in total. The molecule has 0 radical (unpaired) electrons. The standard InChI is InChI=1S/C24H29ClN4O/c1-29-20(18-5-2-3-6-19(18)25)27-28-21(29)24(7-4-8-24)22(30)26-23-12-15-9-16(13-23)11-17(10-15)14-23/h2-3,5-6,15-17H,4,7-14H2,1H3,(H,26,30). The molecule has 0 spiro atoms. The average molecular weight is 425 g/mol. The molecule has 2 aromatic rings. The molecule has 1 heterocycles. The molecule has 6 heteroatoms. The fraction of sp³-hybridized carbons (Fsp3) is 0.625. The number of amides is 1. The molecule has 30 heavy (non-hydrogen) atoms. The van der Waals surface area contributed by atoms with Crippen LogP contribution in [-0.4, -0.2) is 26.2 Å². The third kappa shape index (κ3) is 2.70. The molecule has 0 unspecified atom stereocenters. The van der Waals surface area contributed by atoms with E-state index < -0.39 is 5.41 Å². The molecule has 5 saturated carbocycles. The highest BCUT2D eigenvalue weighted by Gasteiger charge is 2.56. The lowest BCUT2D eigenvalue weighted by atomic mass is 9.52. The maximum atomic E-state index is 13.8. The molecule has 5 aliphatic carbocycles. The first-order valence-electron chi connectivity index (χ1n) is 11.5. The van der Waals surface area contributed by atoms with Gasteiger partial charge in [-0.05, 0) is 81.3 Å². The molecule has 7 rings (SSSR count). The van der Waals surface area contributed by atoms with Gasteiger partial charge in [-0.3, -0.25) is 4.79 Å². The van der Waals surface area contributed by atoms with Crippen molar-refractivity contribution < 1.29 is 4.79 Å². The third-order valence-corrected chi connectivity index (χ3v) is 8.81. The summed E-state index contributed by atoms with van der Waals surface area (Å²) in [5.74, 6) is 4.13. The predicted molar refractivity (Wildman–Crippen MR) is 116 cm³/mol. The van der Waals surface area contributed by atoms with Gasteiger partial charge in [-0.2, -0.15) is 0 Å². The van der Waals surface area contributed by atoms with E-state index in [1.54, 1.807) is 0 Å². The van der Waals surface area contributed by atoms with E-state index in [1.165, 1.54) is 38.5 Å². The van der Waals surface area contributed by atoms with Gasteiger partial charge < -0.3 is 9.88 Å². The number of nitrogens with zero attached hydrogens (tertiary/aromatic N) is 3. The lowest BCUT2D eigenvalue weighted by Gasteiger charge is -2.57. The number of benzene rings is 1. The van der Waals surface area contributed by atoms with Crippen LogP contribution in [0.3, 0.4) is 0 Å². The topological polar surface area (TPSA) is 59.8 Å². The number of hydrogen-bond donors (Lipinski definition) is 1. The smallest absolute Gasteiger partial charge is 0.234 e. The lowest BCUT2D eigenvalue weighted by molar-refractivity contribution is -0.136. The highest BCUT2D eigenvalue weighted by atomic mass is 35.5. The van der Waals surface area contributed by atoms with Crippen LogP contribution in [0.1, 0.15) is 63.6 Å². The van der Waals surface area contributed by atoms with Gasteiger partial charge in [0.1, 0.15) is 11.2 Å². The molecular formula is C24H29ClN4O. The minimum Gasteiger partial charge on any atom is -0.350 e. The first kappa shape index (κ1) is 18.9. The molecule has 1 N–H and O–H groups in total. The summed E-state index contributed by atoms with van der Waals surface area (Å²) in [4.78, 5) is 13.8. The van der Waals surface area contributed by atoms with Crippen molar-refractivity contribution in [1.82, 2.24) is 20.1 Å². The number of carbonyl (C=O) groups is 1. The van der Waals surface area contributed by atoms with Gasteiger partial charge in [0.25, 0.3) is 0 Å². The van der Waals surface area contributed by atoms with Crippen molar-refractivity contribution in [3.8, 4) is 11.4 Å². The van der Waals surface area contributed by atoms with Crippen molar-refractivity contribution in [3.05, 3.63) is 35.1 Å². The van der Waals surface area contributed by atoms with E-state index in [9.17, 15) is 4.79 Å². The maximum Gasteiger partial charge on any atom is 0.234 e. The number of rotatable bonds is 4. The monoisotopic (exact) mass is 424 g/mol. The summed E-state index contributed by atoms with van der Waals surface area (Å²) in [6, 6.07) is 7.69. The Hall–Kier alpha value is -1.88. The molecule has 0 saturated heterocycles. The zero-order valence-electron chi connectivity index (χ0n) is 17.5. The second-order valence-electron chi connectivity index (χ2n) is 10.5. The normalized spacial score (nSPS) is 33.3. The summed E-state index contributed by atoms with van der Waals surface area (Å²) < 4.78 is 1.99. The Bertz CT molecular complexity index is 973. The van der Waals surface area contributed by atoms with Crippen LogP contribution in [0.25, 0.3) is 11.4 Å². The van der Waals surface area contributed by atoms with Crippen LogP contribution in [0, 0.1) is 17.8 Å². The first-order chi connectivity index (χ1) is 14.5. The zero-order chi connectivity index (χ0) is 20.5. The average Bonchev–Trinajstić information content (AvgIpc) is 3.01. The highest BCUT2D eigenvalue weighted by molar-refractivity contribution is 6.33. The van der Waals surface area contributed by atoms with E-state index in [4.69, 9.17) is 11.6 Å². The second kappa shape index (κ2) is 6.56. The van der Waals surface area contributed by atoms with E-state index in [0.717, 1.165) is 54.2 Å². The molecule has 158 valence electrons. The zero-order valence-corrected chi connectivity index (χ0v) is 18.3. The molecule has 0 atom stereocenters. The molecule has 5 fully saturated rings. The SMILES string of the molecule is Cn1c(-c2ccccc2Cl)nnc1C1(C(=O)NC23CC4CC(CC(C4)C2)C3)CCC1. The van der Waals surface area contributed by atoms with Crippen molar-refractivity contribution >= 4 is 17.5 Å². The molecule has 5 aliphatic rings. The fourth-order valence-electron chi connectivity index (χ4n) is 7.33. The van der Waals surface area contributed by atoms with Crippen molar-refractivity contribution in [3.63, 3.8) is 0 Å². The minimum atomic E-state index is -0.551. The molecule has 4 bridgehead atoms. The highest BCUT2D eigenvalue weighted by Crippen LogP contribution is 2.56. The van der Waals surface area contributed by atoms with Crippen LogP contribution in [0.4, 0.5) is 0 Å². The van der Waals surface area contributed by atoms with E-state index in [-0.39, 0.29) is 11.4 Å². The Kier molecular flexibility index (Phi) is 4.12. The largest absolute Gasteiger partial charge is 0.350 e. The Morgan fingerprint density at radius 3 is 2.27 bits per heavy atom. The second-order valence-corrected chi connectivity index (χ2v) is 10.9. The van der Waals surface area contributed by atoms with Crippen molar-refractivity contribution in [2.24, 2.45) is 24.8 Å². The van der Waals surface area contributed by atoms with Crippen LogP contribution in [0.5, 0.6) is 0 Å². The van der Waals surface area contributed by atoms with Gasteiger partial charge in [-0.25, -0.2) is 0 Å². The van der Waals surface area contributed by atoms with Gasteiger partial charge in [0.15, 0.2) is 5.82 Å². The van der Waals surface area contributed by atoms with Crippen LogP contribution in [0.2, 0.25) is 5.02 Å². The van der Waals surface area contributed by atoms with E-state index >= 15 is 0 Å². The molecule has 1 aromatic heterocycles. The van der Waals surface area contributed by atoms with Crippen LogP contribution >= 0.6 is 11.6 Å². The Balaban J connectivity index is 1.31. The summed E-state index contributed by atoms with van der Waals surface area (Å²) >= 11 is 6.41. The molecule has 1 aromatic carbocycles. The first-order valence-corrected chi connectivity index (χ1v) is 11.8. The Morgan fingerprint density at radius 1 is 1.07 bits per heavy atom. The van der Waals surface area contributed by atoms with E-state index in [0.29, 0.717) is 5.02 Å². The fourth-order valence-corrected chi connectivity index (χ4v) is 7.55. The van der Waals surface area contributed by atoms with Crippen molar-refractivity contribution in [1.29, 1.82) is 0 Å². The van der Waals surface area contributed by atoms with Gasteiger partial charge in [0.05, 0.1) is 5.02 Å². The van der Waals surface area contributed by atoms with Gasteiger partial charge in [-0.15, -0.1) is 10.2 Å². The van der Waals surface area contributed by atoms with Gasteiger partial charge in [0.2, 0.25) is 5.91 Å². The van der Waals surface area contributed by atoms with Gasteiger partial charge in [-0.1, -0.05) is 30.2 Å². The minimum absolute atomic E-state index is 0.0264. The number of carbonyl (C=O) groups excluding carboxylic acids is 1. The van der Waals surface area contributed by atoms with Crippen LogP contribution in [-0.2, 0) is 17.3 Å². The molecular weight excluding hydrogens is 396 g/mol. The summed E-state index contributed by atoms with van der Waals surface area (Å²) in [7, 11) is 1.96. The quantitative estimate of drug-likeness (QED) is 0.777. The van der Waals surface area contributed by atoms with E-state index in [2.05, 4.69) is 15.5 Å². The molecule has 1 amide bonds. The number of halogens is 1. The van der Waals surface area contributed by atoms with Gasteiger partial charge in [0, 0.05) is 18.2 Å². The maximum absolute atomic E-state index is 13.8. The Morgan fingerprint density at radius 2 is 1.70 bits per heavy atom. The van der Waals surface area contributed by atoms with Crippen molar-refractivity contribution in [2.75, 3.05) is 0 Å². The van der Waals surface area contributed by atoms with Crippen LogP contribution < -0.4 is 5.32 Å². The summed E-state index contributed by atoms with van der Waals surface area (Å²) in [5, 5.41) is 13.2. The summed E-state index contributed by atoms with van der Waals surface area (Å²) in [6.07, 6.45) is 10.4. The van der Waals surface area contributed by atoms with Crippen LogP contribution in [0.15, 0.2) is 24.3 Å². The molecule has 0 aliphatic heterocycles. The summed E-state index contributed by atoms with van der Waals surface area (Å²) in [6.45, 7) is 0. The Labute approximate surface area is 182 Å². The third-order valence-electron chi connectivity index (χ3n) is 8.48. The van der Waals surface area contributed by atoms with E-state index in [1.807, 2.05) is 35.9 Å².